The zero-order valence-electron chi connectivity index (χ0n) is 13.5. The van der Waals surface area contributed by atoms with Gasteiger partial charge in [-0.25, -0.2) is 9.78 Å². The van der Waals surface area contributed by atoms with E-state index in [1.807, 2.05) is 23.6 Å². The van der Waals surface area contributed by atoms with Crippen LogP contribution in [0.25, 0.3) is 10.6 Å². The van der Waals surface area contributed by atoms with Crippen LogP contribution in [-0.4, -0.2) is 17.6 Å². The number of carbonyl (C=O) groups excluding carboxylic acids is 1. The Hall–Kier alpha value is -3.00. The zero-order chi connectivity index (χ0) is 18.4. The third kappa shape index (κ3) is 4.76. The molecule has 0 spiro atoms. The minimum absolute atomic E-state index is 0.0357. The molecule has 8 heteroatoms. The average Bonchev–Trinajstić information content (AvgIpc) is 3.15. The van der Waals surface area contributed by atoms with Crippen molar-refractivity contribution in [2.75, 3.05) is 5.32 Å². The molecule has 2 N–H and O–H groups in total. The summed E-state index contributed by atoms with van der Waals surface area (Å²) in [6.07, 6.45) is 1.71. The number of nitrogens with one attached hydrogen (secondary N) is 2. The average molecular weight is 375 g/mol. The molecule has 3 aromatic rings. The number of hydrogen-bond acceptors (Lipinski definition) is 4. The summed E-state index contributed by atoms with van der Waals surface area (Å²) in [5, 5.41) is 8.07. The lowest BCUT2D eigenvalue weighted by atomic mass is 10.2. The van der Waals surface area contributed by atoms with Crippen molar-refractivity contribution in [2.24, 2.45) is 0 Å². The van der Waals surface area contributed by atoms with E-state index in [-0.39, 0.29) is 12.3 Å². The Bertz CT molecular complexity index is 872. The number of anilines is 1. The van der Waals surface area contributed by atoms with Gasteiger partial charge in [-0.05, 0) is 18.2 Å². The fourth-order valence-corrected chi connectivity index (χ4v) is 2.94. The molecule has 26 heavy (non-hydrogen) atoms. The zero-order valence-corrected chi connectivity index (χ0v) is 14.3. The second kappa shape index (κ2) is 8.39. The molecular weight excluding hydrogens is 360 g/mol. The van der Waals surface area contributed by atoms with Crippen molar-refractivity contribution < 1.29 is 18.3 Å². The van der Waals surface area contributed by atoms with Crippen molar-refractivity contribution in [3.05, 3.63) is 65.7 Å². The highest BCUT2D eigenvalue weighted by Gasteiger charge is 2.10. The topological polar surface area (TPSA) is 63.2 Å². The Morgan fingerprint density at radius 3 is 2.81 bits per heavy atom. The van der Waals surface area contributed by atoms with Gasteiger partial charge in [-0.2, -0.15) is 8.78 Å². The largest absolute Gasteiger partial charge is 0.434 e. The fraction of sp³-hybridized carbons (Fsp3) is 0.111. The number of hydrogen-bond donors (Lipinski definition) is 2. The first kappa shape index (κ1) is 17.8. The molecule has 0 unspecified atom stereocenters. The number of nitrogens with zero attached hydrogens (tertiary/aromatic N) is 1. The van der Waals surface area contributed by atoms with Gasteiger partial charge in [0, 0.05) is 34.9 Å². The molecule has 2 amide bonds. The van der Waals surface area contributed by atoms with Gasteiger partial charge in [0.2, 0.25) is 0 Å². The maximum absolute atomic E-state index is 12.4. The van der Waals surface area contributed by atoms with Gasteiger partial charge in [0.1, 0.15) is 10.8 Å². The normalized spacial score (nSPS) is 10.6. The predicted molar refractivity (Wildman–Crippen MR) is 96.5 cm³/mol. The maximum Gasteiger partial charge on any atom is 0.387 e. The van der Waals surface area contributed by atoms with Crippen LogP contribution in [0.4, 0.5) is 19.3 Å². The van der Waals surface area contributed by atoms with Crippen molar-refractivity contribution in [3.8, 4) is 16.3 Å². The predicted octanol–water partition coefficient (Wildman–Crippen LogP) is 4.73. The van der Waals surface area contributed by atoms with Crippen molar-refractivity contribution in [2.45, 2.75) is 13.2 Å². The third-order valence-electron chi connectivity index (χ3n) is 3.43. The van der Waals surface area contributed by atoms with Crippen LogP contribution in [0.5, 0.6) is 5.75 Å². The number of thiazole rings is 1. The van der Waals surface area contributed by atoms with E-state index in [1.165, 1.54) is 17.4 Å². The molecule has 134 valence electrons. The molecule has 2 aromatic carbocycles. The number of rotatable bonds is 6. The van der Waals surface area contributed by atoms with E-state index in [9.17, 15) is 13.6 Å². The van der Waals surface area contributed by atoms with Gasteiger partial charge in [0.25, 0.3) is 0 Å². The van der Waals surface area contributed by atoms with Crippen LogP contribution >= 0.6 is 11.3 Å². The summed E-state index contributed by atoms with van der Waals surface area (Å²) in [5.74, 6) is 0.0357. The third-order valence-corrected chi connectivity index (χ3v) is 4.25. The van der Waals surface area contributed by atoms with Gasteiger partial charge >= 0.3 is 12.6 Å². The molecule has 0 radical (unpaired) electrons. The number of para-hydroxylation sites is 1. The van der Waals surface area contributed by atoms with Gasteiger partial charge in [0.15, 0.2) is 0 Å². The van der Waals surface area contributed by atoms with Gasteiger partial charge < -0.3 is 15.4 Å². The smallest absolute Gasteiger partial charge is 0.387 e. The molecule has 1 aromatic heterocycles. The number of ether oxygens (including phenoxy) is 1. The van der Waals surface area contributed by atoms with E-state index in [2.05, 4.69) is 20.4 Å². The van der Waals surface area contributed by atoms with Crippen LogP contribution in [0.3, 0.4) is 0 Å². The fourth-order valence-electron chi connectivity index (χ4n) is 2.31. The minimum Gasteiger partial charge on any atom is -0.434 e. The summed E-state index contributed by atoms with van der Waals surface area (Å²) in [5.41, 5.74) is 1.96. The lowest BCUT2D eigenvalue weighted by molar-refractivity contribution is -0.0504. The summed E-state index contributed by atoms with van der Waals surface area (Å²) in [7, 11) is 0. The molecule has 1 heterocycles. The number of benzene rings is 2. The first-order chi connectivity index (χ1) is 12.6. The molecular formula is C18H15F2N3O2S. The molecule has 0 saturated heterocycles. The lowest BCUT2D eigenvalue weighted by Gasteiger charge is -2.12. The maximum atomic E-state index is 12.4. The SMILES string of the molecule is O=C(NCc1ccccc1OC(F)F)Nc1cccc(-c2nccs2)c1. The van der Waals surface area contributed by atoms with E-state index in [4.69, 9.17) is 0 Å². The van der Waals surface area contributed by atoms with Crippen molar-refractivity contribution >= 4 is 23.1 Å². The highest BCUT2D eigenvalue weighted by molar-refractivity contribution is 7.13. The van der Waals surface area contributed by atoms with E-state index in [0.29, 0.717) is 11.3 Å². The second-order valence-electron chi connectivity index (χ2n) is 5.21. The molecule has 0 aliphatic heterocycles. The van der Waals surface area contributed by atoms with Gasteiger partial charge in [-0.1, -0.05) is 30.3 Å². The summed E-state index contributed by atoms with van der Waals surface area (Å²) in [6.45, 7) is -2.86. The highest BCUT2D eigenvalue weighted by Crippen LogP contribution is 2.24. The van der Waals surface area contributed by atoms with Gasteiger partial charge in [-0.15, -0.1) is 11.3 Å². The molecule has 0 aliphatic carbocycles. The summed E-state index contributed by atoms with van der Waals surface area (Å²) in [6, 6.07) is 13.2. The monoisotopic (exact) mass is 375 g/mol. The second-order valence-corrected chi connectivity index (χ2v) is 6.11. The quantitative estimate of drug-likeness (QED) is 0.654. The van der Waals surface area contributed by atoms with Crippen LogP contribution in [0.2, 0.25) is 0 Å². The van der Waals surface area contributed by atoms with Crippen molar-refractivity contribution in [1.82, 2.24) is 10.3 Å². The summed E-state index contributed by atoms with van der Waals surface area (Å²) >= 11 is 1.50. The van der Waals surface area contributed by atoms with Crippen LogP contribution in [-0.2, 0) is 6.54 Å². The Morgan fingerprint density at radius 1 is 1.19 bits per heavy atom. The van der Waals surface area contributed by atoms with Crippen molar-refractivity contribution in [3.63, 3.8) is 0 Å². The minimum atomic E-state index is -2.92. The number of alkyl halides is 2. The number of amides is 2. The molecule has 5 nitrogen and oxygen atoms in total. The molecule has 0 saturated carbocycles. The first-order valence-electron chi connectivity index (χ1n) is 7.69. The van der Waals surface area contributed by atoms with E-state index in [1.54, 1.807) is 30.5 Å². The van der Waals surface area contributed by atoms with E-state index >= 15 is 0 Å². The Kier molecular flexibility index (Phi) is 5.75. The number of urea groups is 1. The van der Waals surface area contributed by atoms with Crippen LogP contribution in [0.1, 0.15) is 5.56 Å². The Balaban J connectivity index is 1.61. The lowest BCUT2D eigenvalue weighted by Crippen LogP contribution is -2.28. The van der Waals surface area contributed by atoms with Crippen LogP contribution in [0, 0.1) is 0 Å². The molecule has 0 atom stereocenters. The summed E-state index contributed by atoms with van der Waals surface area (Å²) < 4.78 is 29.3. The van der Waals surface area contributed by atoms with E-state index < -0.39 is 12.6 Å². The van der Waals surface area contributed by atoms with Crippen molar-refractivity contribution in [1.29, 1.82) is 0 Å². The Morgan fingerprint density at radius 2 is 2.04 bits per heavy atom. The standard InChI is InChI=1S/C18H15F2N3O2S/c19-17(20)25-15-7-2-1-4-13(15)11-22-18(24)23-14-6-3-5-12(10-14)16-21-8-9-26-16/h1-10,17H,11H2,(H2,22,23,24). The van der Waals surface area contributed by atoms with Gasteiger partial charge in [-0.3, -0.25) is 0 Å². The molecule has 0 aliphatic rings. The number of aromatic nitrogens is 1. The Labute approximate surface area is 152 Å². The first-order valence-corrected chi connectivity index (χ1v) is 8.57. The summed E-state index contributed by atoms with van der Waals surface area (Å²) in [4.78, 5) is 16.3. The van der Waals surface area contributed by atoms with Crippen LogP contribution in [0.15, 0.2) is 60.1 Å². The molecule has 0 fully saturated rings. The van der Waals surface area contributed by atoms with Crippen LogP contribution < -0.4 is 15.4 Å². The van der Waals surface area contributed by atoms with E-state index in [0.717, 1.165) is 10.6 Å². The number of halogens is 2. The number of carbonyl (C=O) groups is 1. The van der Waals surface area contributed by atoms with Gasteiger partial charge in [0.05, 0.1) is 0 Å². The molecule has 0 bridgehead atoms. The molecule has 3 rings (SSSR count). The highest BCUT2D eigenvalue weighted by atomic mass is 32.1.